The van der Waals surface area contributed by atoms with Gasteiger partial charge in [0.25, 0.3) is 0 Å². The van der Waals surface area contributed by atoms with Crippen molar-refractivity contribution in [2.45, 2.75) is 252 Å². The Morgan fingerprint density at radius 1 is 0.357 bits per heavy atom. The van der Waals surface area contributed by atoms with Crippen molar-refractivity contribution in [3.8, 4) is 0 Å². The van der Waals surface area contributed by atoms with E-state index in [-0.39, 0.29) is 6.16 Å². The van der Waals surface area contributed by atoms with Crippen LogP contribution in [0.2, 0.25) is 0 Å². The zero-order valence-electron chi connectivity index (χ0n) is 36.7. The minimum absolute atomic E-state index is 0.233. The van der Waals surface area contributed by atoms with Crippen LogP contribution >= 0.6 is 22.8 Å². The van der Waals surface area contributed by atoms with Gasteiger partial charge >= 0.3 is 290 Å². The molecule has 0 spiro atoms. The van der Waals surface area contributed by atoms with E-state index in [0.29, 0.717) is 18.7 Å². The molecule has 2 fully saturated rings. The van der Waals surface area contributed by atoms with Crippen molar-refractivity contribution >= 4 is 68.3 Å². The standard InChI is InChI=1S/3C14H31O3P.2In/c3*1-2-3-4-5-6-7-8-9-10-11-12-13-14-18(15,16)17;;/h3*2-14H2,1H3,(H2,15,16,17);;/q;;;2*+3/p-6. The van der Waals surface area contributed by atoms with Crippen molar-refractivity contribution in [1.29, 1.82) is 0 Å². The van der Waals surface area contributed by atoms with E-state index in [2.05, 4.69) is 20.8 Å². The molecule has 9 nitrogen and oxygen atoms in total. The maximum atomic E-state index is 14.0. The van der Waals surface area contributed by atoms with Crippen LogP contribution in [0, 0.1) is 0 Å². The predicted molar refractivity (Wildman–Crippen MR) is 239 cm³/mol. The number of rotatable bonds is 43. The maximum absolute atomic E-state index is 14.0. The van der Waals surface area contributed by atoms with Crippen LogP contribution in [0.3, 0.4) is 0 Å². The zero-order valence-corrected chi connectivity index (χ0v) is 46.0. The Kier molecular flexibility index (Phi) is 34.6. The Hall–Kier alpha value is 2.19. The number of hydrogen-bond acceptors (Lipinski definition) is 9. The van der Waals surface area contributed by atoms with E-state index >= 15 is 0 Å². The van der Waals surface area contributed by atoms with E-state index in [1.807, 2.05) is 0 Å². The molecule has 2 saturated heterocycles. The van der Waals surface area contributed by atoms with E-state index in [1.54, 1.807) is 0 Å². The molecule has 0 aromatic rings. The van der Waals surface area contributed by atoms with E-state index in [0.717, 1.165) is 51.4 Å². The summed E-state index contributed by atoms with van der Waals surface area (Å²) >= 11 is -7.31. The molecule has 2 rings (SSSR count). The molecular weight excluding hydrogens is 971 g/mol. The van der Waals surface area contributed by atoms with Gasteiger partial charge in [0.1, 0.15) is 0 Å². The summed E-state index contributed by atoms with van der Waals surface area (Å²) in [5.74, 6) is 0. The molecule has 0 aromatic carbocycles. The van der Waals surface area contributed by atoms with Crippen molar-refractivity contribution in [3.63, 3.8) is 0 Å². The first-order valence-corrected chi connectivity index (χ1v) is 37.4. The fourth-order valence-corrected chi connectivity index (χ4v) is 38.8. The molecule has 0 bridgehead atoms. The molecule has 0 unspecified atom stereocenters. The number of unbranched alkanes of at least 4 members (excludes halogenated alkanes) is 33. The Labute approximate surface area is 365 Å². The van der Waals surface area contributed by atoms with E-state index < -0.39 is 68.3 Å². The third-order valence-electron chi connectivity index (χ3n) is 11.3. The summed E-state index contributed by atoms with van der Waals surface area (Å²) in [4.78, 5) is 0. The summed E-state index contributed by atoms with van der Waals surface area (Å²) in [7, 11) is -9.93. The van der Waals surface area contributed by atoms with Crippen LogP contribution in [0.4, 0.5) is 0 Å². The van der Waals surface area contributed by atoms with Crippen molar-refractivity contribution in [3.05, 3.63) is 0 Å². The fourth-order valence-electron chi connectivity index (χ4n) is 7.66. The van der Waals surface area contributed by atoms with Crippen LogP contribution in [0.1, 0.15) is 252 Å². The van der Waals surface area contributed by atoms with Gasteiger partial charge in [-0.25, -0.2) is 0 Å². The summed E-state index contributed by atoms with van der Waals surface area (Å²) in [5.41, 5.74) is 0. The topological polar surface area (TPSA) is 107 Å². The SMILES string of the molecule is CCCCCCCCCCCCCCP1(=O)[O][In]([O]P(=O)(CCCCCCCCCCCCCC)[O][In]2[O]P(=O)(CCCCCCCCCCCCCC)[O]2)[O]1. The van der Waals surface area contributed by atoms with Crippen molar-refractivity contribution in [1.82, 2.24) is 0 Å². The van der Waals surface area contributed by atoms with Gasteiger partial charge in [0.2, 0.25) is 0 Å². The summed E-state index contributed by atoms with van der Waals surface area (Å²) < 4.78 is 75.3. The Morgan fingerprint density at radius 2 is 0.571 bits per heavy atom. The molecule has 0 N–H and O–H groups in total. The first kappa shape index (κ1) is 54.3. The average molecular weight is 1060 g/mol. The summed E-state index contributed by atoms with van der Waals surface area (Å²) in [6, 6.07) is 0. The van der Waals surface area contributed by atoms with E-state index in [9.17, 15) is 13.7 Å². The Morgan fingerprint density at radius 3 is 0.821 bits per heavy atom. The zero-order chi connectivity index (χ0) is 40.5. The van der Waals surface area contributed by atoms with E-state index in [4.69, 9.17) is 15.8 Å². The quantitative estimate of drug-likeness (QED) is 0.0436. The Bertz CT molecular complexity index is 989. The third-order valence-corrected chi connectivity index (χ3v) is 42.2. The van der Waals surface area contributed by atoms with Crippen LogP contribution < -0.4 is 0 Å². The van der Waals surface area contributed by atoms with Crippen LogP contribution in [0.15, 0.2) is 0 Å². The van der Waals surface area contributed by atoms with Gasteiger partial charge in [-0.3, -0.25) is 0 Å². The van der Waals surface area contributed by atoms with Gasteiger partial charge in [-0.1, -0.05) is 78.6 Å². The van der Waals surface area contributed by atoms with Crippen LogP contribution in [0.25, 0.3) is 0 Å². The molecule has 2 aliphatic rings. The molecule has 0 saturated carbocycles. The second kappa shape index (κ2) is 35.6. The Balaban J connectivity index is 1.65. The second-order valence-corrected chi connectivity index (χ2v) is 37.3. The molecule has 0 amide bonds. The summed E-state index contributed by atoms with van der Waals surface area (Å²) in [6.45, 7) is 6.77. The number of hydrogen-bond donors (Lipinski definition) is 0. The van der Waals surface area contributed by atoms with Gasteiger partial charge in [-0.15, -0.1) is 0 Å². The van der Waals surface area contributed by atoms with Crippen molar-refractivity contribution < 1.29 is 29.5 Å². The molecule has 0 radical (unpaired) electrons. The van der Waals surface area contributed by atoms with Gasteiger partial charge in [-0.2, -0.15) is 0 Å². The third kappa shape index (κ3) is 28.7. The van der Waals surface area contributed by atoms with Crippen LogP contribution in [-0.4, -0.2) is 64.0 Å². The van der Waals surface area contributed by atoms with Crippen LogP contribution in [-0.2, 0) is 29.5 Å². The minimum atomic E-state index is -3.66. The monoisotopic (exact) mass is 1060 g/mol. The first-order valence-electron chi connectivity index (χ1n) is 24.1. The average Bonchev–Trinajstić information content (AvgIpc) is 3.15. The second-order valence-electron chi connectivity index (χ2n) is 16.9. The molecule has 2 aliphatic heterocycles. The van der Waals surface area contributed by atoms with Crippen LogP contribution in [0.5, 0.6) is 0 Å². The van der Waals surface area contributed by atoms with Gasteiger partial charge in [-0.05, 0) is 0 Å². The van der Waals surface area contributed by atoms with Gasteiger partial charge in [0.05, 0.1) is 0 Å². The molecular formula is C42H87In2O9P3. The van der Waals surface area contributed by atoms with Crippen molar-refractivity contribution in [2.24, 2.45) is 0 Å². The fraction of sp³-hybridized carbons (Fsp3) is 1.00. The molecule has 56 heavy (non-hydrogen) atoms. The molecule has 14 heteroatoms. The van der Waals surface area contributed by atoms with Gasteiger partial charge in [0.15, 0.2) is 0 Å². The van der Waals surface area contributed by atoms with Gasteiger partial charge < -0.3 is 0 Å². The predicted octanol–water partition coefficient (Wildman–Crippen LogP) is 16.8. The first-order chi connectivity index (χ1) is 27.3. The van der Waals surface area contributed by atoms with Crippen molar-refractivity contribution in [2.75, 3.05) is 18.5 Å². The van der Waals surface area contributed by atoms with E-state index in [1.165, 1.54) is 173 Å². The molecule has 2 heterocycles. The summed E-state index contributed by atoms with van der Waals surface area (Å²) in [5, 5.41) is 0. The molecule has 0 aromatic heterocycles. The normalized spacial score (nSPS) is 16.3. The molecule has 0 aliphatic carbocycles. The van der Waals surface area contributed by atoms with Gasteiger partial charge in [0, 0.05) is 0 Å². The molecule has 330 valence electrons. The summed E-state index contributed by atoms with van der Waals surface area (Å²) in [6.07, 6.45) is 45.1. The molecule has 0 atom stereocenters.